The average molecular weight is 373 g/mol. The first-order valence-corrected chi connectivity index (χ1v) is 7.31. The Hall–Kier alpha value is -1.02. The van der Waals surface area contributed by atoms with Gasteiger partial charge in [-0.05, 0) is 66.7 Å². The molecule has 1 aromatic heterocycles. The molecule has 1 saturated heterocycles. The van der Waals surface area contributed by atoms with E-state index in [0.717, 1.165) is 40.9 Å². The Morgan fingerprint density at radius 3 is 2.84 bits per heavy atom. The van der Waals surface area contributed by atoms with Crippen LogP contribution in [0.15, 0.2) is 22.7 Å². The first-order valence-electron chi connectivity index (χ1n) is 6.24. The van der Waals surface area contributed by atoms with Gasteiger partial charge in [0.2, 0.25) is 0 Å². The average Bonchev–Trinajstić information content (AvgIpc) is 2.89. The van der Waals surface area contributed by atoms with Gasteiger partial charge in [-0.25, -0.2) is 4.39 Å². The fraction of sp³-hybridized carbons (Fsp3) is 0.385. The number of rotatable bonds is 2. The third-order valence-corrected chi connectivity index (χ3v) is 4.20. The lowest BCUT2D eigenvalue weighted by Crippen LogP contribution is -2.27. The minimum Gasteiger partial charge on any atom is -0.334 e. The molecular formula is C13H13FIN3O. The summed E-state index contributed by atoms with van der Waals surface area (Å²) in [5.74, 6) is 1.33. The third-order valence-electron chi connectivity index (χ3n) is 3.31. The summed E-state index contributed by atoms with van der Waals surface area (Å²) in [6, 6.07) is 4.55. The molecule has 6 heteroatoms. The summed E-state index contributed by atoms with van der Waals surface area (Å²) in [5, 5.41) is 7.38. The van der Waals surface area contributed by atoms with Gasteiger partial charge < -0.3 is 9.84 Å². The van der Waals surface area contributed by atoms with Crippen LogP contribution < -0.4 is 5.32 Å². The van der Waals surface area contributed by atoms with Crippen LogP contribution >= 0.6 is 22.6 Å². The molecule has 4 nitrogen and oxygen atoms in total. The number of benzene rings is 1. The SMILES string of the molecule is Fc1ccc(-c2nc(C3CCNCC3)no2)c(I)c1. The molecule has 1 N–H and O–H groups in total. The second-order valence-electron chi connectivity index (χ2n) is 4.61. The highest BCUT2D eigenvalue weighted by Crippen LogP contribution is 2.28. The van der Waals surface area contributed by atoms with E-state index in [4.69, 9.17) is 4.52 Å². The zero-order chi connectivity index (χ0) is 13.2. The Labute approximate surface area is 123 Å². The molecule has 3 rings (SSSR count). The van der Waals surface area contributed by atoms with E-state index < -0.39 is 0 Å². The highest BCUT2D eigenvalue weighted by molar-refractivity contribution is 14.1. The second kappa shape index (κ2) is 5.54. The van der Waals surface area contributed by atoms with Crippen molar-refractivity contribution in [2.45, 2.75) is 18.8 Å². The minimum absolute atomic E-state index is 0.258. The zero-order valence-electron chi connectivity index (χ0n) is 10.2. The van der Waals surface area contributed by atoms with Crippen LogP contribution in [0.3, 0.4) is 0 Å². The topological polar surface area (TPSA) is 51.0 Å². The number of aromatic nitrogens is 2. The summed E-state index contributed by atoms with van der Waals surface area (Å²) in [5.41, 5.74) is 0.787. The van der Waals surface area contributed by atoms with E-state index in [2.05, 4.69) is 38.0 Å². The summed E-state index contributed by atoms with van der Waals surface area (Å²) < 4.78 is 19.2. The van der Waals surface area contributed by atoms with Crippen molar-refractivity contribution in [3.63, 3.8) is 0 Å². The van der Waals surface area contributed by atoms with Crippen molar-refractivity contribution in [2.75, 3.05) is 13.1 Å². The molecule has 2 heterocycles. The standard InChI is InChI=1S/C13H13FIN3O/c14-9-1-2-10(11(15)7-9)13-17-12(18-19-13)8-3-5-16-6-4-8/h1-2,7-8,16H,3-6H2. The van der Waals surface area contributed by atoms with E-state index in [1.165, 1.54) is 12.1 Å². The molecule has 2 aromatic rings. The summed E-state index contributed by atoms with van der Waals surface area (Å²) in [6.07, 6.45) is 2.05. The lowest BCUT2D eigenvalue weighted by Gasteiger charge is -2.18. The van der Waals surface area contributed by atoms with E-state index >= 15 is 0 Å². The third kappa shape index (κ3) is 2.79. The van der Waals surface area contributed by atoms with Crippen LogP contribution in [0.5, 0.6) is 0 Å². The Balaban J connectivity index is 1.87. The van der Waals surface area contributed by atoms with Crippen LogP contribution in [0.1, 0.15) is 24.6 Å². The van der Waals surface area contributed by atoms with Crippen LogP contribution in [0, 0.1) is 9.39 Å². The normalized spacial score (nSPS) is 16.7. The van der Waals surface area contributed by atoms with Gasteiger partial charge in [-0.15, -0.1) is 0 Å². The van der Waals surface area contributed by atoms with Crippen molar-refractivity contribution in [3.05, 3.63) is 33.4 Å². The van der Waals surface area contributed by atoms with Crippen molar-refractivity contribution in [1.82, 2.24) is 15.5 Å². The first kappa shape index (κ1) is 13.0. The molecule has 19 heavy (non-hydrogen) atoms. The predicted molar refractivity (Wildman–Crippen MR) is 77.3 cm³/mol. The van der Waals surface area contributed by atoms with E-state index in [1.54, 1.807) is 6.07 Å². The summed E-state index contributed by atoms with van der Waals surface area (Å²) in [6.45, 7) is 1.98. The largest absolute Gasteiger partial charge is 0.334 e. The molecule has 0 radical (unpaired) electrons. The molecular weight excluding hydrogens is 360 g/mol. The molecule has 0 bridgehead atoms. The highest BCUT2D eigenvalue weighted by atomic mass is 127. The van der Waals surface area contributed by atoms with Crippen molar-refractivity contribution in [1.29, 1.82) is 0 Å². The predicted octanol–water partition coefficient (Wildman–Crippen LogP) is 2.95. The van der Waals surface area contributed by atoms with Crippen molar-refractivity contribution in [2.24, 2.45) is 0 Å². The Morgan fingerprint density at radius 2 is 2.11 bits per heavy atom. The fourth-order valence-electron chi connectivity index (χ4n) is 2.25. The molecule has 1 aliphatic heterocycles. The van der Waals surface area contributed by atoms with Crippen molar-refractivity contribution < 1.29 is 8.91 Å². The van der Waals surface area contributed by atoms with Crippen LogP contribution in [0.2, 0.25) is 0 Å². The first-order chi connectivity index (χ1) is 9.24. The summed E-state index contributed by atoms with van der Waals surface area (Å²) >= 11 is 2.08. The van der Waals surface area contributed by atoms with Crippen molar-refractivity contribution >= 4 is 22.6 Å². The number of nitrogens with one attached hydrogen (secondary N) is 1. The summed E-state index contributed by atoms with van der Waals surface area (Å²) in [7, 11) is 0. The number of nitrogens with zero attached hydrogens (tertiary/aromatic N) is 2. The molecule has 1 aromatic carbocycles. The maximum Gasteiger partial charge on any atom is 0.259 e. The Morgan fingerprint density at radius 1 is 1.32 bits per heavy atom. The van der Waals surface area contributed by atoms with Crippen LogP contribution in [0.25, 0.3) is 11.5 Å². The van der Waals surface area contributed by atoms with Gasteiger partial charge in [0, 0.05) is 9.49 Å². The fourth-order valence-corrected chi connectivity index (χ4v) is 2.96. The van der Waals surface area contributed by atoms with Crippen LogP contribution in [0.4, 0.5) is 4.39 Å². The van der Waals surface area contributed by atoms with Gasteiger partial charge in [-0.3, -0.25) is 0 Å². The van der Waals surface area contributed by atoms with Crippen molar-refractivity contribution in [3.8, 4) is 11.5 Å². The molecule has 1 aliphatic rings. The lowest BCUT2D eigenvalue weighted by atomic mass is 9.98. The second-order valence-corrected chi connectivity index (χ2v) is 5.77. The molecule has 0 saturated carbocycles. The van der Waals surface area contributed by atoms with E-state index in [0.29, 0.717) is 11.8 Å². The molecule has 100 valence electrons. The number of halogens is 2. The maximum atomic E-state index is 13.1. The van der Waals surface area contributed by atoms with E-state index in [-0.39, 0.29) is 5.82 Å². The van der Waals surface area contributed by atoms with E-state index in [1.807, 2.05) is 0 Å². The van der Waals surface area contributed by atoms with Gasteiger partial charge >= 0.3 is 0 Å². The van der Waals surface area contributed by atoms with Crippen LogP contribution in [-0.2, 0) is 0 Å². The van der Waals surface area contributed by atoms with Gasteiger partial charge in [0.05, 0.1) is 5.56 Å². The number of hydrogen-bond acceptors (Lipinski definition) is 4. The van der Waals surface area contributed by atoms with E-state index in [9.17, 15) is 4.39 Å². The lowest BCUT2D eigenvalue weighted by molar-refractivity contribution is 0.392. The maximum absolute atomic E-state index is 13.1. The van der Waals surface area contributed by atoms with Gasteiger partial charge in [-0.1, -0.05) is 5.16 Å². The number of piperidine rings is 1. The van der Waals surface area contributed by atoms with Gasteiger partial charge in [-0.2, -0.15) is 4.98 Å². The molecule has 0 spiro atoms. The molecule has 1 fully saturated rings. The summed E-state index contributed by atoms with van der Waals surface area (Å²) in [4.78, 5) is 4.46. The van der Waals surface area contributed by atoms with Gasteiger partial charge in [0.25, 0.3) is 5.89 Å². The molecule has 0 atom stereocenters. The quantitative estimate of drug-likeness (QED) is 0.823. The molecule has 0 unspecified atom stereocenters. The highest BCUT2D eigenvalue weighted by Gasteiger charge is 2.21. The number of hydrogen-bond donors (Lipinski definition) is 1. The minimum atomic E-state index is -0.258. The Bertz CT molecular complexity index is 581. The van der Waals surface area contributed by atoms with Crippen LogP contribution in [-0.4, -0.2) is 23.2 Å². The van der Waals surface area contributed by atoms with Gasteiger partial charge in [0.1, 0.15) is 5.82 Å². The molecule has 0 amide bonds. The zero-order valence-corrected chi connectivity index (χ0v) is 12.4. The van der Waals surface area contributed by atoms with Gasteiger partial charge in [0.15, 0.2) is 5.82 Å². The smallest absolute Gasteiger partial charge is 0.259 e. The Kier molecular flexibility index (Phi) is 3.79. The monoisotopic (exact) mass is 373 g/mol. The molecule has 0 aliphatic carbocycles.